The van der Waals surface area contributed by atoms with Crippen LogP contribution in [0.3, 0.4) is 0 Å². The van der Waals surface area contributed by atoms with Crippen molar-refractivity contribution in [3.8, 4) is 5.75 Å². The molecule has 3 atom stereocenters. The van der Waals surface area contributed by atoms with Crippen LogP contribution in [-0.2, 0) is 38.4 Å². The number of allylic oxidation sites excluding steroid dienone is 2. The van der Waals surface area contributed by atoms with Gasteiger partial charge in [-0.1, -0.05) is 37.5 Å². The second-order valence-corrected chi connectivity index (χ2v) is 19.6. The van der Waals surface area contributed by atoms with Crippen molar-refractivity contribution in [2.75, 3.05) is 26.2 Å². The number of aromatic amines is 1. The number of carboxylic acids is 4. The van der Waals surface area contributed by atoms with Gasteiger partial charge in [0.05, 0.1) is 0 Å². The van der Waals surface area contributed by atoms with E-state index < -0.39 is 67.3 Å². The van der Waals surface area contributed by atoms with Crippen LogP contribution in [0.2, 0.25) is 0 Å². The summed E-state index contributed by atoms with van der Waals surface area (Å²) in [6.07, 6.45) is 16.1. The zero-order chi connectivity index (χ0) is 58.7. The Morgan fingerprint density at radius 1 is 0.593 bits per heavy atom. The number of urea groups is 1. The van der Waals surface area contributed by atoms with E-state index in [1.165, 1.54) is 0 Å². The van der Waals surface area contributed by atoms with E-state index in [4.69, 9.17) is 9.84 Å². The average molecular weight is 1130 g/mol. The summed E-state index contributed by atoms with van der Waals surface area (Å²) in [4.78, 5) is 110. The van der Waals surface area contributed by atoms with Crippen LogP contribution in [0, 0.1) is 0 Å². The number of nitrogens with zero attached hydrogens (tertiary/aromatic N) is 2. The molecule has 11 N–H and O–H groups in total. The second-order valence-electron chi connectivity index (χ2n) is 19.6. The van der Waals surface area contributed by atoms with Gasteiger partial charge in [0.25, 0.3) is 5.91 Å². The number of unbranched alkanes of at least 4 members (excludes halogenated alkanes) is 7. The monoisotopic (exact) mass is 1130 g/mol. The summed E-state index contributed by atoms with van der Waals surface area (Å²) >= 11 is 0. The van der Waals surface area contributed by atoms with Gasteiger partial charge in [-0.15, -0.1) is 0 Å². The van der Waals surface area contributed by atoms with Gasteiger partial charge in [-0.2, -0.15) is 0 Å². The predicted molar refractivity (Wildman–Crippen MR) is 295 cm³/mol. The summed E-state index contributed by atoms with van der Waals surface area (Å²) in [5, 5.41) is 52.1. The number of ether oxygens (including phenoxy) is 1. The molecular formula is C55H72BF2N9O14. The first kappa shape index (κ1) is 63.3. The number of aromatic nitrogens is 2. The van der Waals surface area contributed by atoms with E-state index in [2.05, 4.69) is 36.9 Å². The lowest BCUT2D eigenvalue weighted by Crippen LogP contribution is -2.51. The normalized spacial score (nSPS) is 14.2. The lowest BCUT2D eigenvalue weighted by atomic mass is 9.90. The largest absolute Gasteiger partial charge is 0.737 e. The van der Waals surface area contributed by atoms with E-state index in [1.807, 2.05) is 0 Å². The molecule has 4 heterocycles. The smallest absolute Gasteiger partial charge is 0.484 e. The highest BCUT2D eigenvalue weighted by atomic mass is 19.2. The number of amides is 6. The van der Waals surface area contributed by atoms with E-state index >= 15 is 8.63 Å². The maximum Gasteiger partial charge on any atom is 0.737 e. The second kappa shape index (κ2) is 32.5. The first-order valence-electron chi connectivity index (χ1n) is 27.2. The van der Waals surface area contributed by atoms with E-state index in [9.17, 15) is 58.5 Å². The zero-order valence-electron chi connectivity index (χ0n) is 45.0. The van der Waals surface area contributed by atoms with Gasteiger partial charge in [0, 0.05) is 81.1 Å². The fourth-order valence-electron chi connectivity index (χ4n) is 9.04. The van der Waals surface area contributed by atoms with Crippen molar-refractivity contribution < 1.29 is 81.4 Å². The fraction of sp³-hybridized carbons (Fsp3) is 0.455. The van der Waals surface area contributed by atoms with E-state index in [1.54, 1.807) is 85.1 Å². The van der Waals surface area contributed by atoms with Crippen LogP contribution < -0.4 is 36.6 Å². The van der Waals surface area contributed by atoms with Gasteiger partial charge >= 0.3 is 36.9 Å². The number of carbonyl (C=O) groups excluding carboxylic acids is 5. The number of H-pyrrole nitrogens is 1. The Morgan fingerprint density at radius 2 is 1.14 bits per heavy atom. The van der Waals surface area contributed by atoms with Gasteiger partial charge in [0.1, 0.15) is 29.6 Å². The molecule has 0 spiro atoms. The Hall–Kier alpha value is -8.58. The summed E-state index contributed by atoms with van der Waals surface area (Å²) < 4.78 is 40.0. The van der Waals surface area contributed by atoms with Crippen molar-refractivity contribution in [1.82, 2.24) is 41.4 Å². The third-order valence-electron chi connectivity index (χ3n) is 13.3. The molecule has 1 aromatic carbocycles. The molecule has 0 aliphatic carbocycles. The van der Waals surface area contributed by atoms with Crippen LogP contribution in [0.1, 0.15) is 138 Å². The van der Waals surface area contributed by atoms with Crippen LogP contribution >= 0.6 is 0 Å². The molecule has 0 bridgehead atoms. The molecule has 5 rings (SSSR count). The van der Waals surface area contributed by atoms with Crippen LogP contribution in [0.25, 0.3) is 18.2 Å². The molecule has 0 saturated heterocycles. The van der Waals surface area contributed by atoms with Crippen molar-refractivity contribution >= 4 is 84.4 Å². The minimum atomic E-state index is -4.18. The molecule has 0 radical (unpaired) electrons. The van der Waals surface area contributed by atoms with E-state index in [0.717, 1.165) is 14.5 Å². The highest BCUT2D eigenvalue weighted by Gasteiger charge is 2.52. The molecule has 2 aliphatic rings. The molecular weight excluding hydrogens is 1060 g/mol. The summed E-state index contributed by atoms with van der Waals surface area (Å²) in [5.41, 5.74) is 2.93. The average Bonchev–Trinajstić information content (AvgIpc) is 4.29. The number of carboxylic acid groups (broad SMARTS) is 4. The van der Waals surface area contributed by atoms with Gasteiger partial charge in [-0.05, 0) is 119 Å². The number of carbonyl (C=O) groups is 9. The molecule has 23 nitrogen and oxygen atoms in total. The molecule has 26 heteroatoms. The number of aliphatic carboxylic acids is 4. The Morgan fingerprint density at radius 3 is 1.70 bits per heavy atom. The first-order chi connectivity index (χ1) is 38.8. The maximum absolute atomic E-state index is 16.1. The molecule has 438 valence electrons. The highest BCUT2D eigenvalue weighted by molar-refractivity contribution is 6.58. The number of halogens is 2. The van der Waals surface area contributed by atoms with Crippen LogP contribution in [0.5, 0.6) is 5.75 Å². The summed E-state index contributed by atoms with van der Waals surface area (Å²) in [6.45, 7) is -3.38. The molecule has 2 aliphatic heterocycles. The number of rotatable bonds is 38. The first-order valence-corrected chi connectivity index (χ1v) is 27.2. The third-order valence-corrected chi connectivity index (χ3v) is 13.3. The van der Waals surface area contributed by atoms with Crippen LogP contribution in [0.4, 0.5) is 13.4 Å². The Labute approximate surface area is 466 Å². The zero-order valence-corrected chi connectivity index (χ0v) is 45.0. The van der Waals surface area contributed by atoms with Gasteiger partial charge in [0.15, 0.2) is 18.0 Å². The van der Waals surface area contributed by atoms with Crippen molar-refractivity contribution in [2.24, 2.45) is 0 Å². The predicted octanol–water partition coefficient (Wildman–Crippen LogP) is 5.24. The van der Waals surface area contributed by atoms with Crippen LogP contribution in [0.15, 0.2) is 72.6 Å². The molecule has 2 aromatic heterocycles. The van der Waals surface area contributed by atoms with Crippen LogP contribution in [-0.4, -0.2) is 145 Å². The SMILES string of the molecule is O=C(O)CC[C@H](NC(=O)N[C@@H](CCCCNC(=O)CCCCCCC(=O)NC(CCCCNC(=O)CCCCCNC(=O)COc1ccc(/C=C\c2ccc3n2[B-](F)(F)[N+]2=C(c4ccc[nH]4)C=CC2=C3)cc1)C(=O)O)C(=O)O)C(=O)O. The lowest BCUT2D eigenvalue weighted by molar-refractivity contribution is -0.360. The molecule has 6 amide bonds. The van der Waals surface area contributed by atoms with Gasteiger partial charge in [0.2, 0.25) is 17.7 Å². The quantitative estimate of drug-likeness (QED) is 0.0258. The van der Waals surface area contributed by atoms with E-state index in [-0.39, 0.29) is 63.0 Å². The van der Waals surface area contributed by atoms with Crippen molar-refractivity contribution in [2.45, 2.75) is 134 Å². The topological polar surface area (TPSA) is 340 Å². The summed E-state index contributed by atoms with van der Waals surface area (Å²) in [6, 6.07) is 8.78. The number of fused-ring (bicyclic) bond motifs is 2. The molecule has 3 aromatic rings. The molecule has 0 fully saturated rings. The Bertz CT molecular complexity index is 2800. The standard InChI is InChI=1S/C55H72BF2N9O14/c57-56(58)66-38(23-24-39(66)35-40-25-29-46(67(40)56)42-15-12-34-59-42)22-19-37-20-26-41(27-21-37)81-36-50(71)62-31-9-3-6-17-48(69)61-32-10-7-13-43(52(74)75)63-49(70)18-5-2-1-4-16-47(68)60-33-11-8-14-44(53(76)77)64-55(80)65-45(54(78)79)28-30-51(72)73/h12,15,19-27,29,34-35,43-45,59H,1-11,13-14,16-18,28,30-33,36H2,(H,60,68)(H,61,69)(H,62,71)(H,63,70)(H,72,73)(H,74,75)(H,76,77)(H,78,79)(H2,64,65,80)/b22-19-/t43?,44-,45-/m0/s1. The fourth-order valence-corrected chi connectivity index (χ4v) is 9.04. The molecule has 1 unspecified atom stereocenters. The minimum absolute atomic E-state index is 0.00545. The number of nitrogens with one attached hydrogen (secondary N) is 7. The van der Waals surface area contributed by atoms with Crippen molar-refractivity contribution in [1.29, 1.82) is 0 Å². The van der Waals surface area contributed by atoms with Crippen molar-refractivity contribution in [3.05, 3.63) is 95.2 Å². The molecule has 81 heavy (non-hydrogen) atoms. The van der Waals surface area contributed by atoms with Gasteiger partial charge < -0.3 is 79.6 Å². The van der Waals surface area contributed by atoms with E-state index in [0.29, 0.717) is 124 Å². The summed E-state index contributed by atoms with van der Waals surface area (Å²) in [7, 11) is 0. The molecule has 0 saturated carbocycles. The lowest BCUT2D eigenvalue weighted by Gasteiger charge is -2.30. The number of hydrogen-bond donors (Lipinski definition) is 11. The number of benzene rings is 1. The maximum atomic E-state index is 16.1. The van der Waals surface area contributed by atoms with Crippen molar-refractivity contribution in [3.63, 3.8) is 0 Å². The minimum Gasteiger partial charge on any atom is -0.484 e. The van der Waals surface area contributed by atoms with Gasteiger partial charge in [-0.3, -0.25) is 24.0 Å². The van der Waals surface area contributed by atoms with Gasteiger partial charge in [-0.25, -0.2) is 19.2 Å². The number of hydrogen-bond acceptors (Lipinski definition) is 10. The highest BCUT2D eigenvalue weighted by Crippen LogP contribution is 2.34. The Kier molecular flexibility index (Phi) is 25.4. The third kappa shape index (κ3) is 21.2. The Balaban J connectivity index is 0.829. The summed E-state index contributed by atoms with van der Waals surface area (Å²) in [5.74, 6) is -5.83.